The second-order valence-corrected chi connectivity index (χ2v) is 17.5. The Balaban J connectivity index is 1.46. The molecule has 0 saturated carbocycles. The summed E-state index contributed by atoms with van der Waals surface area (Å²) in [6.07, 6.45) is 0.407. The molecule has 0 unspecified atom stereocenters. The SMILES string of the molecule is CO[Si](CCCNC(=O)CCC(=O)N(Cc1ccccc1)c1cc2c(cc1N=Nc1ccc3c(c1)OCCOCCOCCOCCO3)OCCOCCOCCOCCO2)(OC)OC. The number of rotatable bonds is 15. The molecule has 0 saturated heterocycles. The fraction of sp³-hybridized carbons (Fsp3) is 0.556. The van der Waals surface area contributed by atoms with E-state index in [9.17, 15) is 9.59 Å². The maximum absolute atomic E-state index is 14.5. The number of anilines is 1. The first-order chi connectivity index (χ1) is 31.9. The smallest absolute Gasteiger partial charge is 0.487 e. The number of benzene rings is 3. The lowest BCUT2D eigenvalue weighted by molar-refractivity contribution is -0.125. The van der Waals surface area contributed by atoms with Crippen LogP contribution in [0.25, 0.3) is 0 Å². The van der Waals surface area contributed by atoms with Gasteiger partial charge in [0.05, 0.1) is 97.2 Å². The molecule has 358 valence electrons. The molecule has 1 N–H and O–H groups in total. The van der Waals surface area contributed by atoms with Crippen LogP contribution < -0.4 is 29.2 Å². The van der Waals surface area contributed by atoms with Gasteiger partial charge in [0.25, 0.3) is 0 Å². The minimum absolute atomic E-state index is 0.0594. The fourth-order valence-corrected chi connectivity index (χ4v) is 8.22. The standard InChI is InChI=1S/C45H64N4O15Si/c1-52-65(53-2,54-3)31-7-14-46-44(50)12-13-45(51)49(35-36-8-5-4-6-9-36)39-34-43-42(63-29-25-59-21-17-56-18-22-60-26-30-64-43)33-38(39)48-47-37-10-11-40-41(32-37)62-28-24-58-20-16-55-15-19-57-23-27-61-40/h4-6,8-11,32-34H,7,12-31,35H2,1-3H3,(H,46,50). The molecule has 2 aliphatic rings. The van der Waals surface area contributed by atoms with Gasteiger partial charge in [-0.05, 0) is 24.1 Å². The van der Waals surface area contributed by atoms with Crippen LogP contribution in [0.15, 0.2) is 70.9 Å². The van der Waals surface area contributed by atoms with Crippen molar-refractivity contribution in [3.63, 3.8) is 0 Å². The predicted octanol–water partition coefficient (Wildman–Crippen LogP) is 5.44. The van der Waals surface area contributed by atoms with Crippen LogP contribution in [-0.4, -0.2) is 154 Å². The number of ether oxygens (including phenoxy) is 10. The van der Waals surface area contributed by atoms with Gasteiger partial charge >= 0.3 is 8.80 Å². The molecule has 0 bridgehead atoms. The van der Waals surface area contributed by atoms with E-state index in [-0.39, 0.29) is 64.2 Å². The second-order valence-electron chi connectivity index (χ2n) is 14.4. The Morgan fingerprint density at radius 2 is 1.08 bits per heavy atom. The zero-order valence-electron chi connectivity index (χ0n) is 37.8. The van der Waals surface area contributed by atoms with Crippen molar-refractivity contribution in [2.24, 2.45) is 10.2 Å². The lowest BCUT2D eigenvalue weighted by atomic mass is 10.1. The van der Waals surface area contributed by atoms with Crippen molar-refractivity contribution in [2.75, 3.05) is 138 Å². The predicted molar refractivity (Wildman–Crippen MR) is 240 cm³/mol. The third-order valence-electron chi connectivity index (χ3n) is 9.93. The average Bonchev–Trinajstić information content (AvgIpc) is 3.35. The summed E-state index contributed by atoms with van der Waals surface area (Å²) < 4.78 is 74.9. The monoisotopic (exact) mass is 928 g/mol. The van der Waals surface area contributed by atoms with Crippen LogP contribution in [0.1, 0.15) is 24.8 Å². The van der Waals surface area contributed by atoms with Crippen molar-refractivity contribution in [1.29, 1.82) is 0 Å². The molecule has 0 spiro atoms. The zero-order valence-corrected chi connectivity index (χ0v) is 38.8. The van der Waals surface area contributed by atoms with E-state index in [1.165, 1.54) is 0 Å². The third kappa shape index (κ3) is 18.2. The van der Waals surface area contributed by atoms with Crippen LogP contribution in [0, 0.1) is 0 Å². The van der Waals surface area contributed by atoms with Gasteiger partial charge < -0.3 is 70.9 Å². The summed E-state index contributed by atoms with van der Waals surface area (Å²) in [7, 11) is 1.85. The van der Waals surface area contributed by atoms with E-state index in [0.29, 0.717) is 132 Å². The van der Waals surface area contributed by atoms with Crippen molar-refractivity contribution in [3.05, 3.63) is 66.2 Å². The number of hydrogen-bond acceptors (Lipinski definition) is 17. The first kappa shape index (κ1) is 51.2. The van der Waals surface area contributed by atoms with E-state index in [1.807, 2.05) is 30.3 Å². The van der Waals surface area contributed by atoms with Crippen LogP contribution in [0.5, 0.6) is 23.0 Å². The highest BCUT2D eigenvalue weighted by Gasteiger charge is 2.37. The molecule has 3 aromatic rings. The maximum Gasteiger partial charge on any atom is 0.500 e. The first-order valence-electron chi connectivity index (χ1n) is 21.9. The van der Waals surface area contributed by atoms with E-state index in [4.69, 9.17) is 65.8 Å². The molecule has 2 amide bonds. The summed E-state index contributed by atoms with van der Waals surface area (Å²) >= 11 is 0. The van der Waals surface area contributed by atoms with Gasteiger partial charge in [-0.2, -0.15) is 5.11 Å². The number of nitrogens with zero attached hydrogens (tertiary/aromatic N) is 3. The molecule has 19 nitrogen and oxygen atoms in total. The highest BCUT2D eigenvalue weighted by Crippen LogP contribution is 2.42. The van der Waals surface area contributed by atoms with Crippen LogP contribution in [0.2, 0.25) is 6.04 Å². The lowest BCUT2D eigenvalue weighted by Gasteiger charge is -2.26. The zero-order chi connectivity index (χ0) is 45.8. The number of fused-ring (bicyclic) bond motifs is 2. The van der Waals surface area contributed by atoms with Crippen molar-refractivity contribution in [1.82, 2.24) is 5.32 Å². The molecule has 3 aromatic carbocycles. The summed E-state index contributed by atoms with van der Waals surface area (Å²) in [6, 6.07) is 18.7. The first-order valence-corrected chi connectivity index (χ1v) is 23.8. The number of azo groups is 1. The summed E-state index contributed by atoms with van der Waals surface area (Å²) in [4.78, 5) is 29.2. The van der Waals surface area contributed by atoms with Crippen LogP contribution >= 0.6 is 0 Å². The minimum Gasteiger partial charge on any atom is -0.487 e. The maximum atomic E-state index is 14.5. The van der Waals surface area contributed by atoms with Gasteiger partial charge in [-0.15, -0.1) is 5.11 Å². The molecule has 0 radical (unpaired) electrons. The molecule has 0 aliphatic carbocycles. The fourth-order valence-electron chi connectivity index (χ4n) is 6.50. The number of carbonyl (C=O) groups is 2. The highest BCUT2D eigenvalue weighted by atomic mass is 28.4. The van der Waals surface area contributed by atoms with Crippen molar-refractivity contribution in [2.45, 2.75) is 31.9 Å². The largest absolute Gasteiger partial charge is 0.500 e. The number of amides is 2. The second kappa shape index (κ2) is 29.7. The summed E-state index contributed by atoms with van der Waals surface area (Å²) in [6.45, 7) is 6.12. The molecule has 2 aliphatic heterocycles. The quantitative estimate of drug-likeness (QED) is 0.115. The van der Waals surface area contributed by atoms with E-state index < -0.39 is 8.80 Å². The van der Waals surface area contributed by atoms with E-state index in [1.54, 1.807) is 56.6 Å². The van der Waals surface area contributed by atoms with Crippen molar-refractivity contribution >= 4 is 37.7 Å². The Morgan fingerprint density at radius 3 is 1.62 bits per heavy atom. The van der Waals surface area contributed by atoms with Gasteiger partial charge in [0.1, 0.15) is 32.1 Å². The summed E-state index contributed by atoms with van der Waals surface area (Å²) in [5.74, 6) is 1.05. The van der Waals surface area contributed by atoms with Gasteiger partial charge in [-0.1, -0.05) is 30.3 Å². The van der Waals surface area contributed by atoms with Crippen LogP contribution in [0.3, 0.4) is 0 Å². The lowest BCUT2D eigenvalue weighted by Crippen LogP contribution is -2.43. The van der Waals surface area contributed by atoms with E-state index in [0.717, 1.165) is 5.56 Å². The Labute approximate surface area is 382 Å². The highest BCUT2D eigenvalue weighted by molar-refractivity contribution is 6.60. The summed E-state index contributed by atoms with van der Waals surface area (Å²) in [5, 5.41) is 12.3. The molecule has 0 aromatic heterocycles. The average molecular weight is 929 g/mol. The van der Waals surface area contributed by atoms with Crippen LogP contribution in [-0.2, 0) is 57.8 Å². The molecule has 5 rings (SSSR count). The molecule has 0 atom stereocenters. The molecule has 65 heavy (non-hydrogen) atoms. The van der Waals surface area contributed by atoms with Gasteiger partial charge in [0, 0.05) is 65.0 Å². The molecule has 2 heterocycles. The summed E-state index contributed by atoms with van der Waals surface area (Å²) in [5.41, 5.74) is 1.97. The molecule has 20 heteroatoms. The third-order valence-corrected chi connectivity index (χ3v) is 12.8. The minimum atomic E-state index is -2.79. The van der Waals surface area contributed by atoms with E-state index in [2.05, 4.69) is 10.4 Å². The van der Waals surface area contributed by atoms with Crippen molar-refractivity contribution in [3.8, 4) is 23.0 Å². The number of nitrogens with one attached hydrogen (secondary N) is 1. The topological polar surface area (TPSA) is 194 Å². The van der Waals surface area contributed by atoms with Gasteiger partial charge in [0.15, 0.2) is 23.0 Å². The number of hydrogen-bond donors (Lipinski definition) is 1. The Morgan fingerprint density at radius 1 is 0.585 bits per heavy atom. The molecular formula is C45H64N4O15Si. The molecule has 0 fully saturated rings. The van der Waals surface area contributed by atoms with E-state index >= 15 is 0 Å². The van der Waals surface area contributed by atoms with Gasteiger partial charge in [-0.25, -0.2) is 0 Å². The Hall–Kier alpha value is -4.74. The molecular weight excluding hydrogens is 865 g/mol. The van der Waals surface area contributed by atoms with Gasteiger partial charge in [0.2, 0.25) is 11.8 Å². The van der Waals surface area contributed by atoms with Crippen molar-refractivity contribution < 1.29 is 70.2 Å². The Bertz CT molecular complexity index is 1870. The normalized spacial score (nSPS) is 16.6. The van der Waals surface area contributed by atoms with Gasteiger partial charge in [-0.3, -0.25) is 9.59 Å². The Kier molecular flexibility index (Phi) is 23.4. The van der Waals surface area contributed by atoms with Crippen LogP contribution in [0.4, 0.5) is 17.1 Å². The number of carbonyl (C=O) groups excluding carboxylic acids is 2.